The maximum absolute atomic E-state index is 9.35. The van der Waals surface area contributed by atoms with E-state index in [0.717, 1.165) is 38.2 Å². The zero-order valence-corrected chi connectivity index (χ0v) is 8.57. The third kappa shape index (κ3) is 2.36. The number of aliphatic hydroxyl groups is 1. The lowest BCUT2D eigenvalue weighted by Gasteiger charge is -2.28. The van der Waals surface area contributed by atoms with Gasteiger partial charge in [0.2, 0.25) is 0 Å². The van der Waals surface area contributed by atoms with E-state index in [1.165, 1.54) is 5.56 Å². The molecular weight excluding hydrogens is 178 g/mol. The van der Waals surface area contributed by atoms with Crippen LogP contribution in [0.2, 0.25) is 0 Å². The Morgan fingerprint density at radius 2 is 2.21 bits per heavy atom. The van der Waals surface area contributed by atoms with Crippen LogP contribution in [0.5, 0.6) is 0 Å². The number of aliphatic hydroxyl groups excluding tert-OH is 1. The zero-order chi connectivity index (χ0) is 9.97. The summed E-state index contributed by atoms with van der Waals surface area (Å²) in [6, 6.07) is 2.07. The van der Waals surface area contributed by atoms with Gasteiger partial charge in [-0.05, 0) is 31.4 Å². The van der Waals surface area contributed by atoms with Gasteiger partial charge in [-0.3, -0.25) is 4.90 Å². The predicted octanol–water partition coefficient (Wildman–Crippen LogP) is 1.54. The van der Waals surface area contributed by atoms with Crippen LogP contribution >= 0.6 is 0 Å². The molecule has 0 atom stereocenters. The average Bonchev–Trinajstić information content (AvgIpc) is 2.56. The van der Waals surface area contributed by atoms with Gasteiger partial charge in [-0.2, -0.15) is 0 Å². The molecule has 0 aromatic carbocycles. The third-order valence-corrected chi connectivity index (χ3v) is 2.72. The minimum atomic E-state index is -0.0930. The molecule has 1 fully saturated rings. The molecule has 0 spiro atoms. The average molecular weight is 195 g/mol. The fourth-order valence-corrected chi connectivity index (χ4v) is 1.87. The highest BCUT2D eigenvalue weighted by molar-refractivity contribution is 5.10. The molecule has 0 amide bonds. The van der Waals surface area contributed by atoms with Crippen molar-refractivity contribution < 1.29 is 9.52 Å². The highest BCUT2D eigenvalue weighted by Gasteiger charge is 2.17. The molecule has 3 nitrogen and oxygen atoms in total. The molecule has 1 saturated heterocycles. The number of furan rings is 1. The summed E-state index contributed by atoms with van der Waals surface area (Å²) in [6.45, 7) is 4.86. The van der Waals surface area contributed by atoms with E-state index in [2.05, 4.69) is 11.0 Å². The fourth-order valence-electron chi connectivity index (χ4n) is 1.87. The van der Waals surface area contributed by atoms with Gasteiger partial charge in [-0.25, -0.2) is 0 Å². The molecule has 0 aliphatic carbocycles. The van der Waals surface area contributed by atoms with Gasteiger partial charge in [0.15, 0.2) is 0 Å². The Hall–Kier alpha value is -0.800. The van der Waals surface area contributed by atoms with Crippen LogP contribution in [0.25, 0.3) is 0 Å². The van der Waals surface area contributed by atoms with E-state index in [1.54, 1.807) is 6.26 Å². The highest BCUT2D eigenvalue weighted by Crippen LogP contribution is 2.15. The second kappa shape index (κ2) is 4.15. The summed E-state index contributed by atoms with van der Waals surface area (Å²) in [6.07, 6.45) is 3.47. The van der Waals surface area contributed by atoms with Crippen molar-refractivity contribution in [3.05, 3.63) is 23.7 Å². The first-order chi connectivity index (χ1) is 6.74. The first-order valence-electron chi connectivity index (χ1n) is 5.18. The van der Waals surface area contributed by atoms with Gasteiger partial charge in [0, 0.05) is 13.1 Å². The predicted molar refractivity (Wildman–Crippen MR) is 54.0 cm³/mol. The summed E-state index contributed by atoms with van der Waals surface area (Å²) in [4.78, 5) is 2.32. The molecular formula is C11H17NO2. The summed E-state index contributed by atoms with van der Waals surface area (Å²) in [5, 5.41) is 9.35. The minimum absolute atomic E-state index is 0.0930. The number of hydrogen-bond donors (Lipinski definition) is 1. The lowest BCUT2D eigenvalue weighted by molar-refractivity contribution is 0.0760. The van der Waals surface area contributed by atoms with Crippen LogP contribution in [0.15, 0.2) is 16.7 Å². The van der Waals surface area contributed by atoms with E-state index >= 15 is 0 Å². The first kappa shape index (κ1) is 9.74. The number of rotatable bonds is 2. The number of aryl methyl sites for hydroxylation is 1. The third-order valence-electron chi connectivity index (χ3n) is 2.72. The molecule has 3 heteroatoms. The number of nitrogens with zero attached hydrogens (tertiary/aromatic N) is 1. The van der Waals surface area contributed by atoms with E-state index in [-0.39, 0.29) is 6.10 Å². The molecule has 1 aliphatic rings. The molecule has 2 rings (SSSR count). The summed E-state index contributed by atoms with van der Waals surface area (Å²) >= 11 is 0. The number of hydrogen-bond acceptors (Lipinski definition) is 3. The Kier molecular flexibility index (Phi) is 2.89. The lowest BCUT2D eigenvalue weighted by Crippen LogP contribution is -2.35. The maximum atomic E-state index is 9.35. The van der Waals surface area contributed by atoms with Crippen LogP contribution in [0.4, 0.5) is 0 Å². The van der Waals surface area contributed by atoms with E-state index in [0.29, 0.717) is 0 Å². The standard InChI is InChI=1S/C11H17NO2/c1-9-6-11(14-8-9)7-12-4-2-10(13)3-5-12/h6,8,10,13H,2-5,7H2,1H3. The van der Waals surface area contributed by atoms with Gasteiger partial charge in [-0.1, -0.05) is 0 Å². The van der Waals surface area contributed by atoms with E-state index < -0.39 is 0 Å². The van der Waals surface area contributed by atoms with Crippen molar-refractivity contribution in [1.82, 2.24) is 4.90 Å². The van der Waals surface area contributed by atoms with Crippen molar-refractivity contribution in [1.29, 1.82) is 0 Å². The lowest BCUT2D eigenvalue weighted by atomic mass is 10.1. The molecule has 0 unspecified atom stereocenters. The molecule has 0 radical (unpaired) electrons. The molecule has 1 aromatic heterocycles. The molecule has 2 heterocycles. The van der Waals surface area contributed by atoms with Crippen molar-refractivity contribution in [2.24, 2.45) is 0 Å². The molecule has 14 heavy (non-hydrogen) atoms. The Balaban J connectivity index is 1.86. The van der Waals surface area contributed by atoms with E-state index in [1.807, 2.05) is 6.92 Å². The van der Waals surface area contributed by atoms with Crippen LogP contribution in [0, 0.1) is 6.92 Å². The van der Waals surface area contributed by atoms with Gasteiger partial charge in [0.05, 0.1) is 18.9 Å². The maximum Gasteiger partial charge on any atom is 0.118 e. The Morgan fingerprint density at radius 3 is 2.79 bits per heavy atom. The molecule has 78 valence electrons. The van der Waals surface area contributed by atoms with Crippen molar-refractivity contribution >= 4 is 0 Å². The van der Waals surface area contributed by atoms with E-state index in [9.17, 15) is 5.11 Å². The monoisotopic (exact) mass is 195 g/mol. The molecule has 1 aliphatic heterocycles. The topological polar surface area (TPSA) is 36.6 Å². The second-order valence-corrected chi connectivity index (χ2v) is 4.10. The largest absolute Gasteiger partial charge is 0.468 e. The first-order valence-corrected chi connectivity index (χ1v) is 5.18. The van der Waals surface area contributed by atoms with Crippen LogP contribution in [-0.2, 0) is 6.54 Å². The van der Waals surface area contributed by atoms with Gasteiger partial charge >= 0.3 is 0 Å². The smallest absolute Gasteiger partial charge is 0.118 e. The Bertz CT molecular complexity index is 287. The van der Waals surface area contributed by atoms with Gasteiger partial charge < -0.3 is 9.52 Å². The SMILES string of the molecule is Cc1coc(CN2CCC(O)CC2)c1. The van der Waals surface area contributed by atoms with Crippen LogP contribution in [0.1, 0.15) is 24.2 Å². The summed E-state index contributed by atoms with van der Waals surface area (Å²) < 4.78 is 5.39. The van der Waals surface area contributed by atoms with Crippen LogP contribution in [0.3, 0.4) is 0 Å². The van der Waals surface area contributed by atoms with Crippen LogP contribution in [-0.4, -0.2) is 29.2 Å². The van der Waals surface area contributed by atoms with Crippen molar-refractivity contribution in [2.45, 2.75) is 32.4 Å². The van der Waals surface area contributed by atoms with Gasteiger partial charge in [0.1, 0.15) is 5.76 Å². The molecule has 1 aromatic rings. The van der Waals surface area contributed by atoms with Crippen molar-refractivity contribution in [3.63, 3.8) is 0 Å². The normalized spacial score (nSPS) is 20.1. The number of likely N-dealkylation sites (tertiary alicyclic amines) is 1. The second-order valence-electron chi connectivity index (χ2n) is 4.10. The quantitative estimate of drug-likeness (QED) is 0.777. The Labute approximate surface area is 84.3 Å². The zero-order valence-electron chi connectivity index (χ0n) is 8.57. The molecule has 1 N–H and O–H groups in total. The minimum Gasteiger partial charge on any atom is -0.468 e. The molecule has 0 bridgehead atoms. The summed E-state index contributed by atoms with van der Waals surface area (Å²) in [5.74, 6) is 1.03. The highest BCUT2D eigenvalue weighted by atomic mass is 16.3. The molecule has 0 saturated carbocycles. The van der Waals surface area contributed by atoms with Gasteiger partial charge in [-0.15, -0.1) is 0 Å². The van der Waals surface area contributed by atoms with Gasteiger partial charge in [0.25, 0.3) is 0 Å². The Morgan fingerprint density at radius 1 is 1.50 bits per heavy atom. The van der Waals surface area contributed by atoms with E-state index in [4.69, 9.17) is 4.42 Å². The number of piperidine rings is 1. The van der Waals surface area contributed by atoms with Crippen molar-refractivity contribution in [2.75, 3.05) is 13.1 Å². The van der Waals surface area contributed by atoms with Crippen LogP contribution < -0.4 is 0 Å². The summed E-state index contributed by atoms with van der Waals surface area (Å²) in [5.41, 5.74) is 1.18. The summed E-state index contributed by atoms with van der Waals surface area (Å²) in [7, 11) is 0. The van der Waals surface area contributed by atoms with Crippen molar-refractivity contribution in [3.8, 4) is 0 Å². The fraction of sp³-hybridized carbons (Fsp3) is 0.636.